The van der Waals surface area contributed by atoms with E-state index < -0.39 is 16.8 Å². The topological polar surface area (TPSA) is 127 Å². The highest BCUT2D eigenvalue weighted by atomic mass is 16.6. The zero-order valence-electron chi connectivity index (χ0n) is 11.9. The monoisotopic (exact) mass is 298 g/mol. The van der Waals surface area contributed by atoms with Crippen LogP contribution < -0.4 is 5.32 Å². The molecule has 116 valence electrons. The van der Waals surface area contributed by atoms with Crippen LogP contribution in [0.3, 0.4) is 0 Å². The lowest BCUT2D eigenvalue weighted by Crippen LogP contribution is -2.35. The van der Waals surface area contributed by atoms with Crippen LogP contribution in [0.15, 0.2) is 12.5 Å². The third-order valence-electron chi connectivity index (χ3n) is 3.04. The Kier molecular flexibility index (Phi) is 5.82. The molecule has 0 bridgehead atoms. The van der Waals surface area contributed by atoms with Crippen molar-refractivity contribution in [2.24, 2.45) is 11.8 Å². The number of aryl methyl sites for hydroxylation is 1. The first-order valence-electron chi connectivity index (χ1n) is 6.47. The zero-order chi connectivity index (χ0) is 16.0. The Balaban J connectivity index is 2.40. The van der Waals surface area contributed by atoms with Gasteiger partial charge in [-0.25, -0.2) is 0 Å². The molecule has 0 spiro atoms. The van der Waals surface area contributed by atoms with Crippen molar-refractivity contribution in [3.63, 3.8) is 0 Å². The molecule has 1 aromatic heterocycles. The first kappa shape index (κ1) is 16.6. The van der Waals surface area contributed by atoms with E-state index in [0.717, 1.165) is 0 Å². The Hall–Kier alpha value is -2.45. The fourth-order valence-electron chi connectivity index (χ4n) is 1.72. The van der Waals surface area contributed by atoms with Crippen molar-refractivity contribution >= 4 is 17.7 Å². The number of nitrogens with one attached hydrogen (secondary N) is 1. The van der Waals surface area contributed by atoms with E-state index in [1.165, 1.54) is 17.1 Å². The third-order valence-corrected chi connectivity index (χ3v) is 3.04. The van der Waals surface area contributed by atoms with Crippen LogP contribution in [0, 0.1) is 22.0 Å². The number of amides is 1. The van der Waals surface area contributed by atoms with Gasteiger partial charge in [0.1, 0.15) is 6.20 Å². The summed E-state index contributed by atoms with van der Waals surface area (Å²) in [5.41, 5.74) is 0. The number of nitro groups is 1. The minimum Gasteiger partial charge on any atom is -0.481 e. The number of carbonyl (C=O) groups excluding carboxylic acids is 1. The highest BCUT2D eigenvalue weighted by molar-refractivity contribution is 5.77. The molecule has 0 fully saturated rings. The molecule has 9 heteroatoms. The molecule has 1 rings (SSSR count). The maximum atomic E-state index is 11.6. The molecule has 0 saturated carbocycles. The Morgan fingerprint density at radius 3 is 2.67 bits per heavy atom. The molecule has 1 atom stereocenters. The van der Waals surface area contributed by atoms with E-state index in [4.69, 9.17) is 5.11 Å². The summed E-state index contributed by atoms with van der Waals surface area (Å²) in [5, 5.41) is 22.0. The van der Waals surface area contributed by atoms with Crippen molar-refractivity contribution in [2.45, 2.75) is 26.8 Å². The van der Waals surface area contributed by atoms with Crippen LogP contribution in [0.5, 0.6) is 0 Å². The SMILES string of the molecule is CC(C)C(CNC(=O)CCn1cnc([N+](=O)[O-])c1)C(=O)O. The lowest BCUT2D eigenvalue weighted by atomic mass is 9.96. The average molecular weight is 298 g/mol. The van der Waals surface area contributed by atoms with Crippen LogP contribution in [0.1, 0.15) is 20.3 Å². The summed E-state index contributed by atoms with van der Waals surface area (Å²) >= 11 is 0. The molecule has 1 aromatic rings. The zero-order valence-corrected chi connectivity index (χ0v) is 11.9. The van der Waals surface area contributed by atoms with Crippen molar-refractivity contribution < 1.29 is 19.6 Å². The van der Waals surface area contributed by atoms with E-state index in [-0.39, 0.29) is 37.2 Å². The first-order chi connectivity index (χ1) is 9.81. The second-order valence-electron chi connectivity index (χ2n) is 4.97. The Labute approximate surface area is 121 Å². The standard InChI is InChI=1S/C12H18N4O5/c1-8(2)9(12(18)19)5-13-11(17)3-4-15-6-10(14-7-15)16(20)21/h6-9H,3-5H2,1-2H3,(H,13,17)(H,18,19). The number of imidazole rings is 1. The summed E-state index contributed by atoms with van der Waals surface area (Å²) in [7, 11) is 0. The molecule has 0 aromatic carbocycles. The first-order valence-corrected chi connectivity index (χ1v) is 6.47. The summed E-state index contributed by atoms with van der Waals surface area (Å²) in [6.45, 7) is 3.85. The van der Waals surface area contributed by atoms with Gasteiger partial charge < -0.3 is 25.1 Å². The van der Waals surface area contributed by atoms with Gasteiger partial charge in [0.25, 0.3) is 0 Å². The van der Waals surface area contributed by atoms with Gasteiger partial charge >= 0.3 is 11.8 Å². The highest BCUT2D eigenvalue weighted by Gasteiger charge is 2.21. The second-order valence-corrected chi connectivity index (χ2v) is 4.97. The van der Waals surface area contributed by atoms with Crippen LogP contribution in [0.25, 0.3) is 0 Å². The predicted octanol–water partition coefficient (Wildman–Crippen LogP) is 0.654. The van der Waals surface area contributed by atoms with E-state index in [2.05, 4.69) is 10.3 Å². The maximum absolute atomic E-state index is 11.6. The molecule has 21 heavy (non-hydrogen) atoms. The number of aliphatic carboxylic acids is 1. The van der Waals surface area contributed by atoms with Crippen LogP contribution in [-0.2, 0) is 16.1 Å². The van der Waals surface area contributed by atoms with Crippen LogP contribution >= 0.6 is 0 Å². The predicted molar refractivity (Wildman–Crippen MR) is 72.5 cm³/mol. The molecular formula is C12H18N4O5. The van der Waals surface area contributed by atoms with Gasteiger partial charge in [0.05, 0.1) is 5.92 Å². The number of rotatable bonds is 8. The molecule has 2 N–H and O–H groups in total. The molecule has 1 amide bonds. The molecule has 0 aliphatic carbocycles. The van der Waals surface area contributed by atoms with Gasteiger partial charge in [-0.05, 0) is 15.8 Å². The minimum absolute atomic E-state index is 0.0654. The van der Waals surface area contributed by atoms with Gasteiger partial charge in [-0.1, -0.05) is 13.8 Å². The number of carboxylic acids is 1. The van der Waals surface area contributed by atoms with Gasteiger partial charge in [0.2, 0.25) is 12.2 Å². The Bertz CT molecular complexity index is 525. The fraction of sp³-hybridized carbons (Fsp3) is 0.583. The maximum Gasteiger partial charge on any atom is 0.381 e. The molecule has 0 aliphatic rings. The molecule has 9 nitrogen and oxygen atoms in total. The average Bonchev–Trinajstić information content (AvgIpc) is 2.84. The number of aromatic nitrogens is 2. The summed E-state index contributed by atoms with van der Waals surface area (Å²) in [4.78, 5) is 36.0. The number of carboxylic acid groups (broad SMARTS) is 1. The van der Waals surface area contributed by atoms with Crippen molar-refractivity contribution in [3.8, 4) is 0 Å². The molecular weight excluding hydrogens is 280 g/mol. The number of hydrogen-bond acceptors (Lipinski definition) is 5. The van der Waals surface area contributed by atoms with Crippen molar-refractivity contribution in [2.75, 3.05) is 6.54 Å². The summed E-state index contributed by atoms with van der Waals surface area (Å²) in [6, 6.07) is 0. The van der Waals surface area contributed by atoms with Gasteiger partial charge in [-0.15, -0.1) is 0 Å². The molecule has 0 aliphatic heterocycles. The van der Waals surface area contributed by atoms with E-state index in [9.17, 15) is 19.7 Å². The van der Waals surface area contributed by atoms with E-state index in [1.54, 1.807) is 13.8 Å². The van der Waals surface area contributed by atoms with E-state index in [0.29, 0.717) is 0 Å². The summed E-state index contributed by atoms with van der Waals surface area (Å²) < 4.78 is 1.44. The molecule has 1 heterocycles. The third kappa shape index (κ3) is 5.21. The molecule has 0 saturated heterocycles. The van der Waals surface area contributed by atoms with E-state index in [1.807, 2.05) is 0 Å². The Morgan fingerprint density at radius 1 is 1.52 bits per heavy atom. The number of nitrogens with zero attached hydrogens (tertiary/aromatic N) is 3. The highest BCUT2D eigenvalue weighted by Crippen LogP contribution is 2.10. The normalized spacial score (nSPS) is 12.1. The largest absolute Gasteiger partial charge is 0.481 e. The van der Waals surface area contributed by atoms with Crippen molar-refractivity contribution in [1.29, 1.82) is 0 Å². The van der Waals surface area contributed by atoms with Crippen LogP contribution in [-0.4, -0.2) is 38.0 Å². The lowest BCUT2D eigenvalue weighted by molar-refractivity contribution is -0.389. The number of hydrogen-bond donors (Lipinski definition) is 2. The number of carbonyl (C=O) groups is 2. The summed E-state index contributed by atoms with van der Waals surface area (Å²) in [6.07, 6.45) is 2.61. The van der Waals surface area contributed by atoms with Crippen molar-refractivity contribution in [1.82, 2.24) is 14.9 Å². The second kappa shape index (κ2) is 7.36. The van der Waals surface area contributed by atoms with E-state index >= 15 is 0 Å². The summed E-state index contributed by atoms with van der Waals surface area (Å²) in [5.74, 6) is -2.25. The Morgan fingerprint density at radius 2 is 2.19 bits per heavy atom. The van der Waals surface area contributed by atoms with Crippen molar-refractivity contribution in [3.05, 3.63) is 22.6 Å². The van der Waals surface area contributed by atoms with Crippen LogP contribution in [0.4, 0.5) is 5.82 Å². The van der Waals surface area contributed by atoms with Gasteiger partial charge in [-0.2, -0.15) is 0 Å². The van der Waals surface area contributed by atoms with Gasteiger partial charge in [-0.3, -0.25) is 9.59 Å². The van der Waals surface area contributed by atoms with Gasteiger partial charge in [0, 0.05) is 19.5 Å². The fourth-order valence-corrected chi connectivity index (χ4v) is 1.72. The smallest absolute Gasteiger partial charge is 0.381 e. The van der Waals surface area contributed by atoms with Crippen LogP contribution in [0.2, 0.25) is 0 Å². The lowest BCUT2D eigenvalue weighted by Gasteiger charge is -2.16. The molecule has 0 radical (unpaired) electrons. The quantitative estimate of drug-likeness (QED) is 0.536. The minimum atomic E-state index is -0.949. The van der Waals surface area contributed by atoms with Gasteiger partial charge in [0.15, 0.2) is 0 Å². The molecule has 1 unspecified atom stereocenters.